The smallest absolute Gasteiger partial charge is 0.0835 e. The van der Waals surface area contributed by atoms with E-state index in [0.29, 0.717) is 10.0 Å². The minimum atomic E-state index is 0.565. The molecule has 1 rings (SSSR count). The molecule has 0 amide bonds. The standard InChI is InChI=1S/C12H16BrCl2N/c1-8(2)4-3-7-16-10-6-5-9(13)11(14)12(10)15/h5-6,8,16H,3-4,7H2,1-2H3. The predicted octanol–water partition coefficient (Wildman–Crippen LogP) is 5.60. The van der Waals surface area contributed by atoms with Crippen LogP contribution >= 0.6 is 39.1 Å². The monoisotopic (exact) mass is 323 g/mol. The Hall–Kier alpha value is 0.0800. The molecule has 0 spiro atoms. The van der Waals surface area contributed by atoms with Crippen molar-refractivity contribution in [1.29, 1.82) is 0 Å². The molecule has 0 heterocycles. The molecule has 4 heteroatoms. The first-order valence-corrected chi connectivity index (χ1v) is 6.94. The first-order chi connectivity index (χ1) is 7.52. The van der Waals surface area contributed by atoms with Crippen LogP contribution < -0.4 is 5.32 Å². The molecule has 90 valence electrons. The minimum absolute atomic E-state index is 0.565. The fourth-order valence-corrected chi connectivity index (χ4v) is 2.24. The molecule has 0 radical (unpaired) electrons. The van der Waals surface area contributed by atoms with E-state index in [1.54, 1.807) is 0 Å². The number of halogens is 3. The third kappa shape index (κ3) is 4.15. The van der Waals surface area contributed by atoms with Crippen molar-refractivity contribution in [2.24, 2.45) is 5.92 Å². The Morgan fingerprint density at radius 3 is 2.56 bits per heavy atom. The zero-order chi connectivity index (χ0) is 12.1. The highest BCUT2D eigenvalue weighted by atomic mass is 79.9. The van der Waals surface area contributed by atoms with Gasteiger partial charge in [-0.3, -0.25) is 0 Å². The van der Waals surface area contributed by atoms with E-state index >= 15 is 0 Å². The summed E-state index contributed by atoms with van der Waals surface area (Å²) in [5, 5.41) is 4.45. The number of rotatable bonds is 5. The lowest BCUT2D eigenvalue weighted by Gasteiger charge is -2.11. The third-order valence-electron chi connectivity index (χ3n) is 2.31. The van der Waals surface area contributed by atoms with Gasteiger partial charge in [-0.1, -0.05) is 37.0 Å². The Bertz CT molecular complexity index is 353. The van der Waals surface area contributed by atoms with Crippen LogP contribution in [0.4, 0.5) is 5.69 Å². The predicted molar refractivity (Wildman–Crippen MR) is 76.7 cm³/mol. The van der Waals surface area contributed by atoms with Gasteiger partial charge in [-0.2, -0.15) is 0 Å². The second-order valence-corrected chi connectivity index (χ2v) is 5.80. The Morgan fingerprint density at radius 1 is 1.25 bits per heavy atom. The molecule has 0 unspecified atom stereocenters. The van der Waals surface area contributed by atoms with Gasteiger partial charge < -0.3 is 5.32 Å². The maximum absolute atomic E-state index is 6.12. The van der Waals surface area contributed by atoms with Crippen LogP contribution in [-0.2, 0) is 0 Å². The molecule has 0 aromatic heterocycles. The highest BCUT2D eigenvalue weighted by Crippen LogP contribution is 2.35. The number of hydrogen-bond acceptors (Lipinski definition) is 1. The molecule has 0 atom stereocenters. The van der Waals surface area contributed by atoms with E-state index in [9.17, 15) is 0 Å². The summed E-state index contributed by atoms with van der Waals surface area (Å²) in [6.45, 7) is 5.38. The molecule has 1 aromatic rings. The summed E-state index contributed by atoms with van der Waals surface area (Å²) in [6, 6.07) is 3.84. The summed E-state index contributed by atoms with van der Waals surface area (Å²) in [6.07, 6.45) is 2.36. The van der Waals surface area contributed by atoms with Gasteiger partial charge in [-0.15, -0.1) is 0 Å². The molecular formula is C12H16BrCl2N. The van der Waals surface area contributed by atoms with E-state index in [2.05, 4.69) is 35.1 Å². The van der Waals surface area contributed by atoms with Gasteiger partial charge in [0.05, 0.1) is 15.7 Å². The lowest BCUT2D eigenvalue weighted by atomic mass is 10.1. The normalized spacial score (nSPS) is 10.9. The Labute approximate surface area is 116 Å². The van der Waals surface area contributed by atoms with E-state index in [1.807, 2.05) is 12.1 Å². The number of benzene rings is 1. The van der Waals surface area contributed by atoms with Crippen molar-refractivity contribution in [3.8, 4) is 0 Å². The second kappa shape index (κ2) is 6.73. The largest absolute Gasteiger partial charge is 0.384 e. The summed E-state index contributed by atoms with van der Waals surface area (Å²) in [5.74, 6) is 0.741. The summed E-state index contributed by atoms with van der Waals surface area (Å²) < 4.78 is 0.826. The summed E-state index contributed by atoms with van der Waals surface area (Å²) in [7, 11) is 0. The fraction of sp³-hybridized carbons (Fsp3) is 0.500. The van der Waals surface area contributed by atoms with Crippen LogP contribution in [0.3, 0.4) is 0 Å². The summed E-state index contributed by atoms with van der Waals surface area (Å²) in [4.78, 5) is 0. The van der Waals surface area contributed by atoms with Crippen LogP contribution in [0.2, 0.25) is 10.0 Å². The SMILES string of the molecule is CC(C)CCCNc1ccc(Br)c(Cl)c1Cl. The Morgan fingerprint density at radius 2 is 1.94 bits per heavy atom. The zero-order valence-corrected chi connectivity index (χ0v) is 12.6. The fourth-order valence-electron chi connectivity index (χ4n) is 1.40. The molecule has 1 nitrogen and oxygen atoms in total. The Balaban J connectivity index is 2.52. The van der Waals surface area contributed by atoms with Crippen molar-refractivity contribution in [3.63, 3.8) is 0 Å². The maximum Gasteiger partial charge on any atom is 0.0835 e. The van der Waals surface area contributed by atoms with E-state index in [1.165, 1.54) is 6.42 Å². The molecule has 1 N–H and O–H groups in total. The summed E-state index contributed by atoms with van der Waals surface area (Å²) >= 11 is 15.5. The molecule has 0 fully saturated rings. The van der Waals surface area contributed by atoms with Crippen molar-refractivity contribution >= 4 is 44.8 Å². The van der Waals surface area contributed by atoms with E-state index in [-0.39, 0.29) is 0 Å². The topological polar surface area (TPSA) is 12.0 Å². The molecule has 1 aromatic carbocycles. The summed E-state index contributed by atoms with van der Waals surface area (Å²) in [5.41, 5.74) is 0.902. The van der Waals surface area contributed by atoms with Gasteiger partial charge >= 0.3 is 0 Å². The highest BCUT2D eigenvalue weighted by molar-refractivity contribution is 9.10. The first kappa shape index (κ1) is 14.1. The van der Waals surface area contributed by atoms with Crippen molar-refractivity contribution in [3.05, 3.63) is 26.7 Å². The number of hydrogen-bond donors (Lipinski definition) is 1. The average Bonchev–Trinajstić information content (AvgIpc) is 2.23. The van der Waals surface area contributed by atoms with Gasteiger partial charge in [-0.25, -0.2) is 0 Å². The van der Waals surface area contributed by atoms with Crippen LogP contribution in [0, 0.1) is 5.92 Å². The molecule has 0 aliphatic carbocycles. The van der Waals surface area contributed by atoms with E-state index < -0.39 is 0 Å². The lowest BCUT2D eigenvalue weighted by Crippen LogP contribution is -2.03. The highest BCUT2D eigenvalue weighted by Gasteiger charge is 2.07. The number of anilines is 1. The quantitative estimate of drug-likeness (QED) is 0.548. The van der Waals surface area contributed by atoms with Gasteiger partial charge in [0.25, 0.3) is 0 Å². The maximum atomic E-state index is 6.12. The molecular weight excluding hydrogens is 309 g/mol. The molecule has 0 aliphatic heterocycles. The molecule has 0 saturated carbocycles. The number of nitrogens with one attached hydrogen (secondary N) is 1. The van der Waals surface area contributed by atoms with Gasteiger partial charge in [0.15, 0.2) is 0 Å². The van der Waals surface area contributed by atoms with Gasteiger partial charge in [-0.05, 0) is 46.8 Å². The van der Waals surface area contributed by atoms with E-state index in [4.69, 9.17) is 23.2 Å². The molecule has 16 heavy (non-hydrogen) atoms. The lowest BCUT2D eigenvalue weighted by molar-refractivity contribution is 0.567. The first-order valence-electron chi connectivity index (χ1n) is 5.39. The van der Waals surface area contributed by atoms with Gasteiger partial charge in [0, 0.05) is 11.0 Å². The van der Waals surface area contributed by atoms with Crippen molar-refractivity contribution in [2.45, 2.75) is 26.7 Å². The Kier molecular flexibility index (Phi) is 5.95. The van der Waals surface area contributed by atoms with Gasteiger partial charge in [0.2, 0.25) is 0 Å². The van der Waals surface area contributed by atoms with Crippen LogP contribution in [-0.4, -0.2) is 6.54 Å². The third-order valence-corrected chi connectivity index (χ3v) is 4.08. The zero-order valence-electron chi connectivity index (χ0n) is 9.49. The van der Waals surface area contributed by atoms with Crippen LogP contribution in [0.25, 0.3) is 0 Å². The average molecular weight is 325 g/mol. The van der Waals surface area contributed by atoms with E-state index in [0.717, 1.165) is 29.0 Å². The molecule has 0 saturated heterocycles. The minimum Gasteiger partial charge on any atom is -0.384 e. The van der Waals surface area contributed by atoms with Crippen LogP contribution in [0.5, 0.6) is 0 Å². The van der Waals surface area contributed by atoms with Gasteiger partial charge in [0.1, 0.15) is 0 Å². The second-order valence-electron chi connectivity index (χ2n) is 4.19. The van der Waals surface area contributed by atoms with Crippen molar-refractivity contribution < 1.29 is 0 Å². The van der Waals surface area contributed by atoms with Crippen molar-refractivity contribution in [2.75, 3.05) is 11.9 Å². The molecule has 0 aliphatic rings. The van der Waals surface area contributed by atoms with Crippen LogP contribution in [0.15, 0.2) is 16.6 Å². The van der Waals surface area contributed by atoms with Crippen molar-refractivity contribution in [1.82, 2.24) is 0 Å². The molecule has 0 bridgehead atoms. The van der Waals surface area contributed by atoms with Crippen LogP contribution in [0.1, 0.15) is 26.7 Å².